The lowest BCUT2D eigenvalue weighted by molar-refractivity contribution is 0.572. The van der Waals surface area contributed by atoms with Crippen molar-refractivity contribution < 1.29 is 8.42 Å². The van der Waals surface area contributed by atoms with Crippen LogP contribution in [0.15, 0.2) is 95.9 Å². The first-order chi connectivity index (χ1) is 13.6. The van der Waals surface area contributed by atoms with Crippen LogP contribution in [0.4, 0.5) is 11.4 Å². The summed E-state index contributed by atoms with van der Waals surface area (Å²) in [7, 11) is -3.71. The van der Waals surface area contributed by atoms with E-state index in [2.05, 4.69) is 10.0 Å². The van der Waals surface area contributed by atoms with Crippen LogP contribution < -0.4 is 10.0 Å². The van der Waals surface area contributed by atoms with Gasteiger partial charge in [0.2, 0.25) is 10.0 Å². The van der Waals surface area contributed by atoms with Crippen molar-refractivity contribution >= 4 is 32.2 Å². The zero-order chi connectivity index (χ0) is 19.1. The third-order valence-electron chi connectivity index (χ3n) is 5.12. The second-order valence-electron chi connectivity index (χ2n) is 6.86. The van der Waals surface area contributed by atoms with Gasteiger partial charge in [0.1, 0.15) is 0 Å². The molecule has 0 fully saturated rings. The molecule has 0 atom stereocenters. The van der Waals surface area contributed by atoms with Crippen LogP contribution in [-0.4, -0.2) is 8.42 Å². The van der Waals surface area contributed by atoms with Gasteiger partial charge >= 0.3 is 0 Å². The molecule has 0 unspecified atom stereocenters. The normalized spacial score (nSPS) is 13.6. The second kappa shape index (κ2) is 6.48. The summed E-state index contributed by atoms with van der Waals surface area (Å²) in [6.07, 6.45) is 0. The lowest BCUT2D eigenvalue weighted by atomic mass is 9.93. The summed E-state index contributed by atoms with van der Waals surface area (Å²) in [4.78, 5) is 0.264. The monoisotopic (exact) mass is 386 g/mol. The maximum atomic E-state index is 13.2. The van der Waals surface area contributed by atoms with Gasteiger partial charge in [0, 0.05) is 11.4 Å². The van der Waals surface area contributed by atoms with Crippen molar-refractivity contribution in [2.45, 2.75) is 10.9 Å². The molecule has 4 nitrogen and oxygen atoms in total. The lowest BCUT2D eigenvalue weighted by Crippen LogP contribution is -2.32. The largest absolute Gasteiger partial charge is 0.355 e. The number of rotatable bonds is 3. The molecule has 0 radical (unpaired) electrons. The number of anilines is 2. The highest BCUT2D eigenvalue weighted by molar-refractivity contribution is 7.89. The molecule has 4 aromatic carbocycles. The van der Waals surface area contributed by atoms with Gasteiger partial charge in [-0.05, 0) is 46.2 Å². The molecule has 0 saturated carbocycles. The van der Waals surface area contributed by atoms with Crippen LogP contribution >= 0.6 is 0 Å². The Labute approximate surface area is 163 Å². The van der Waals surface area contributed by atoms with E-state index in [0.29, 0.717) is 0 Å². The molecule has 0 spiro atoms. The summed E-state index contributed by atoms with van der Waals surface area (Å²) in [5.41, 5.74) is 3.64. The van der Waals surface area contributed by atoms with E-state index in [9.17, 15) is 8.42 Å². The Balaban J connectivity index is 1.60. The molecule has 0 saturated heterocycles. The van der Waals surface area contributed by atoms with Gasteiger partial charge in [-0.25, -0.2) is 8.42 Å². The van der Waals surface area contributed by atoms with E-state index in [1.165, 1.54) is 0 Å². The number of benzene rings is 4. The SMILES string of the molecule is O=S(=O)(NC1c2ccccc2Nc2ccccc21)c1ccc2ccccc2c1. The molecule has 4 aromatic rings. The summed E-state index contributed by atoms with van der Waals surface area (Å²) in [6, 6.07) is 28.0. The van der Waals surface area contributed by atoms with Gasteiger partial charge in [0.25, 0.3) is 0 Å². The van der Waals surface area contributed by atoms with E-state index in [1.54, 1.807) is 12.1 Å². The Hall–Kier alpha value is -3.15. The fourth-order valence-corrected chi connectivity index (χ4v) is 4.95. The first kappa shape index (κ1) is 17.0. The topological polar surface area (TPSA) is 58.2 Å². The van der Waals surface area contributed by atoms with E-state index >= 15 is 0 Å². The minimum absolute atomic E-state index is 0.264. The molecule has 0 aromatic heterocycles. The van der Waals surface area contributed by atoms with Gasteiger partial charge in [0.15, 0.2) is 0 Å². The highest BCUT2D eigenvalue weighted by atomic mass is 32.2. The van der Waals surface area contributed by atoms with Gasteiger partial charge < -0.3 is 5.32 Å². The fraction of sp³-hybridized carbons (Fsp3) is 0.0435. The van der Waals surface area contributed by atoms with Crippen molar-refractivity contribution in [3.63, 3.8) is 0 Å². The maximum Gasteiger partial charge on any atom is 0.241 e. The van der Waals surface area contributed by atoms with Crippen LogP contribution in [0, 0.1) is 0 Å². The van der Waals surface area contributed by atoms with Crippen LogP contribution in [-0.2, 0) is 10.0 Å². The third kappa shape index (κ3) is 2.85. The summed E-state index contributed by atoms with van der Waals surface area (Å²) in [5.74, 6) is 0. The molecule has 0 bridgehead atoms. The predicted octanol–water partition coefficient (Wildman–Crippen LogP) is 4.96. The average molecular weight is 386 g/mol. The molecule has 0 aliphatic carbocycles. The molecule has 28 heavy (non-hydrogen) atoms. The number of sulfonamides is 1. The third-order valence-corrected chi connectivity index (χ3v) is 6.54. The van der Waals surface area contributed by atoms with E-state index in [4.69, 9.17) is 0 Å². The maximum absolute atomic E-state index is 13.2. The Bertz CT molecular complexity index is 1250. The zero-order valence-corrected chi connectivity index (χ0v) is 15.8. The van der Waals surface area contributed by atoms with Crippen LogP contribution in [0.3, 0.4) is 0 Å². The molecule has 138 valence electrons. The molecular weight excluding hydrogens is 368 g/mol. The molecule has 1 aliphatic rings. The van der Waals surface area contributed by atoms with Gasteiger partial charge in [-0.15, -0.1) is 0 Å². The molecule has 1 heterocycles. The van der Waals surface area contributed by atoms with Crippen molar-refractivity contribution in [2.24, 2.45) is 0 Å². The molecule has 1 aliphatic heterocycles. The molecule has 5 rings (SSSR count). The van der Waals surface area contributed by atoms with Crippen LogP contribution in [0.5, 0.6) is 0 Å². The number of para-hydroxylation sites is 2. The van der Waals surface area contributed by atoms with E-state index in [-0.39, 0.29) is 4.90 Å². The Morgan fingerprint density at radius 1 is 0.679 bits per heavy atom. The number of hydrogen-bond acceptors (Lipinski definition) is 3. The average Bonchev–Trinajstić information content (AvgIpc) is 2.73. The Morgan fingerprint density at radius 3 is 1.93 bits per heavy atom. The summed E-state index contributed by atoms with van der Waals surface area (Å²) in [6.45, 7) is 0. The Kier molecular flexibility index (Phi) is 3.93. The van der Waals surface area contributed by atoms with Crippen molar-refractivity contribution in [1.29, 1.82) is 0 Å². The summed E-state index contributed by atoms with van der Waals surface area (Å²) < 4.78 is 29.4. The number of nitrogens with one attached hydrogen (secondary N) is 2. The molecule has 5 heteroatoms. The van der Waals surface area contributed by atoms with Gasteiger partial charge in [0.05, 0.1) is 10.9 Å². The first-order valence-electron chi connectivity index (χ1n) is 9.08. The first-order valence-corrected chi connectivity index (χ1v) is 10.6. The molecule has 2 N–H and O–H groups in total. The summed E-state index contributed by atoms with van der Waals surface area (Å²) in [5, 5.41) is 5.30. The van der Waals surface area contributed by atoms with Crippen LogP contribution in [0.1, 0.15) is 17.2 Å². The van der Waals surface area contributed by atoms with E-state index in [1.807, 2.05) is 78.9 Å². The van der Waals surface area contributed by atoms with Crippen molar-refractivity contribution in [2.75, 3.05) is 5.32 Å². The van der Waals surface area contributed by atoms with Crippen molar-refractivity contribution in [3.05, 3.63) is 102 Å². The molecular formula is C23H18N2O2S. The minimum atomic E-state index is -3.71. The number of hydrogen-bond donors (Lipinski definition) is 2. The number of fused-ring (bicyclic) bond motifs is 3. The lowest BCUT2D eigenvalue weighted by Gasteiger charge is -2.29. The molecule has 0 amide bonds. The summed E-state index contributed by atoms with van der Waals surface area (Å²) >= 11 is 0. The fourth-order valence-electron chi connectivity index (χ4n) is 3.72. The van der Waals surface area contributed by atoms with E-state index < -0.39 is 16.1 Å². The minimum Gasteiger partial charge on any atom is -0.355 e. The highest BCUT2D eigenvalue weighted by Gasteiger charge is 2.29. The Morgan fingerprint density at radius 2 is 1.25 bits per heavy atom. The second-order valence-corrected chi connectivity index (χ2v) is 8.58. The van der Waals surface area contributed by atoms with Gasteiger partial charge in [-0.2, -0.15) is 4.72 Å². The van der Waals surface area contributed by atoms with Gasteiger partial charge in [-0.3, -0.25) is 0 Å². The quantitative estimate of drug-likeness (QED) is 0.523. The zero-order valence-electron chi connectivity index (χ0n) is 15.0. The van der Waals surface area contributed by atoms with Crippen LogP contribution in [0.2, 0.25) is 0 Å². The van der Waals surface area contributed by atoms with Crippen molar-refractivity contribution in [3.8, 4) is 0 Å². The predicted molar refractivity (Wildman–Crippen MR) is 112 cm³/mol. The highest BCUT2D eigenvalue weighted by Crippen LogP contribution is 2.40. The van der Waals surface area contributed by atoms with Crippen molar-refractivity contribution in [1.82, 2.24) is 4.72 Å². The van der Waals surface area contributed by atoms with Crippen LogP contribution in [0.25, 0.3) is 10.8 Å². The van der Waals surface area contributed by atoms with E-state index in [0.717, 1.165) is 33.3 Å². The standard InChI is InChI=1S/C23H18N2O2S/c26-28(27,18-14-13-16-7-1-2-8-17(16)15-18)25-23-19-9-3-5-11-21(19)24-22-12-6-4-10-20(22)23/h1-15,23-25H. The van der Waals surface area contributed by atoms with Gasteiger partial charge in [-0.1, -0.05) is 66.7 Å². The smallest absolute Gasteiger partial charge is 0.241 e.